The molecule has 0 fully saturated rings. The van der Waals surface area contributed by atoms with Crippen molar-refractivity contribution in [1.29, 1.82) is 0 Å². The monoisotopic (exact) mass is 288 g/mol. The molecule has 0 aromatic heterocycles. The van der Waals surface area contributed by atoms with Gasteiger partial charge >= 0.3 is 0 Å². The summed E-state index contributed by atoms with van der Waals surface area (Å²) < 4.78 is 31.6. The number of nitrogens with one attached hydrogen (secondary N) is 1. The first-order valence-corrected chi connectivity index (χ1v) is 5.67. The van der Waals surface area contributed by atoms with Gasteiger partial charge in [0, 0.05) is 6.07 Å². The summed E-state index contributed by atoms with van der Waals surface area (Å²) >= 11 is 0. The highest BCUT2D eigenvalue weighted by Crippen LogP contribution is 2.28. The summed E-state index contributed by atoms with van der Waals surface area (Å²) in [6.07, 6.45) is 0. The molecule has 110 valence electrons. The van der Waals surface area contributed by atoms with E-state index in [1.807, 2.05) is 5.32 Å². The van der Waals surface area contributed by atoms with E-state index in [9.17, 15) is 23.7 Å². The number of carbonyl (C=O) groups is 1. The highest BCUT2D eigenvalue weighted by atomic mass is 19.1. The van der Waals surface area contributed by atoms with Gasteiger partial charge in [-0.25, -0.2) is 8.78 Å². The minimum Gasteiger partial charge on any atom is -0.366 e. The molecular weight excluding hydrogens is 274 g/mol. The standard InChI is InChI=1S/C12H14F2N2O4/c1-12(2,3)20-6-10(17)15-11-8(14)4-7(13)5-9(11)16(18)19/h4-5H,6H2,1-3H3,(H,15,17). The molecule has 0 aliphatic carbocycles. The molecule has 0 heterocycles. The first kappa shape index (κ1) is 16.0. The van der Waals surface area contributed by atoms with Gasteiger partial charge in [0.15, 0.2) is 11.5 Å². The summed E-state index contributed by atoms with van der Waals surface area (Å²) in [5, 5.41) is 12.7. The minimum absolute atomic E-state index is 0.405. The zero-order valence-corrected chi connectivity index (χ0v) is 11.2. The second-order valence-corrected chi connectivity index (χ2v) is 4.99. The predicted molar refractivity (Wildman–Crippen MR) is 67.3 cm³/mol. The first-order valence-electron chi connectivity index (χ1n) is 5.67. The molecule has 0 atom stereocenters. The Morgan fingerprint density at radius 1 is 1.40 bits per heavy atom. The van der Waals surface area contributed by atoms with E-state index in [4.69, 9.17) is 4.74 Å². The molecule has 8 heteroatoms. The predicted octanol–water partition coefficient (Wildman–Crippen LogP) is 2.63. The van der Waals surface area contributed by atoms with E-state index in [-0.39, 0.29) is 0 Å². The molecular formula is C12H14F2N2O4. The lowest BCUT2D eigenvalue weighted by Crippen LogP contribution is -2.27. The van der Waals surface area contributed by atoms with Crippen molar-refractivity contribution in [3.05, 3.63) is 33.9 Å². The van der Waals surface area contributed by atoms with Gasteiger partial charge < -0.3 is 10.1 Å². The van der Waals surface area contributed by atoms with Crippen LogP contribution >= 0.6 is 0 Å². The van der Waals surface area contributed by atoms with Crippen molar-refractivity contribution in [2.24, 2.45) is 0 Å². The summed E-state index contributed by atoms with van der Waals surface area (Å²) in [5.41, 5.74) is -2.13. The topological polar surface area (TPSA) is 81.5 Å². The van der Waals surface area contributed by atoms with Crippen LogP contribution in [0.5, 0.6) is 0 Å². The van der Waals surface area contributed by atoms with Gasteiger partial charge in [0.1, 0.15) is 12.4 Å². The number of halogens is 2. The Bertz CT molecular complexity index is 541. The van der Waals surface area contributed by atoms with Crippen molar-refractivity contribution in [3.8, 4) is 0 Å². The molecule has 0 unspecified atom stereocenters. The van der Waals surface area contributed by atoms with E-state index in [0.29, 0.717) is 12.1 Å². The average Bonchev–Trinajstić information content (AvgIpc) is 2.28. The highest BCUT2D eigenvalue weighted by Gasteiger charge is 2.23. The van der Waals surface area contributed by atoms with Gasteiger partial charge in [0.25, 0.3) is 11.6 Å². The van der Waals surface area contributed by atoms with Crippen LogP contribution in [0.4, 0.5) is 20.2 Å². The second-order valence-electron chi connectivity index (χ2n) is 4.99. The Labute approximate surface area is 113 Å². The quantitative estimate of drug-likeness (QED) is 0.682. The molecule has 6 nitrogen and oxygen atoms in total. The fraction of sp³-hybridized carbons (Fsp3) is 0.417. The maximum absolute atomic E-state index is 13.5. The molecule has 1 aromatic rings. The lowest BCUT2D eigenvalue weighted by Gasteiger charge is -2.19. The van der Waals surface area contributed by atoms with Crippen LogP contribution in [0, 0.1) is 21.7 Å². The van der Waals surface area contributed by atoms with E-state index < -0.39 is 46.0 Å². The number of nitrogens with zero attached hydrogens (tertiary/aromatic N) is 1. The smallest absolute Gasteiger partial charge is 0.298 e. The average molecular weight is 288 g/mol. The fourth-order valence-electron chi connectivity index (χ4n) is 1.29. The number of anilines is 1. The van der Waals surface area contributed by atoms with Crippen molar-refractivity contribution >= 4 is 17.3 Å². The Hall–Kier alpha value is -2.09. The number of ether oxygens (including phenoxy) is 1. The normalized spacial score (nSPS) is 11.2. The zero-order valence-electron chi connectivity index (χ0n) is 11.2. The summed E-state index contributed by atoms with van der Waals surface area (Å²) in [6, 6.07) is 0.983. The van der Waals surface area contributed by atoms with Crippen LogP contribution in [-0.4, -0.2) is 23.0 Å². The third kappa shape index (κ3) is 4.54. The highest BCUT2D eigenvalue weighted by molar-refractivity contribution is 5.94. The van der Waals surface area contributed by atoms with Crippen molar-refractivity contribution < 1.29 is 23.2 Å². The molecule has 1 aromatic carbocycles. The minimum atomic E-state index is -1.22. The number of hydrogen-bond acceptors (Lipinski definition) is 4. The molecule has 0 saturated carbocycles. The lowest BCUT2D eigenvalue weighted by atomic mass is 10.2. The van der Waals surface area contributed by atoms with Gasteiger partial charge in [-0.3, -0.25) is 14.9 Å². The number of rotatable bonds is 4. The third-order valence-corrected chi connectivity index (χ3v) is 2.13. The van der Waals surface area contributed by atoms with E-state index >= 15 is 0 Å². The number of amides is 1. The number of benzene rings is 1. The Balaban J connectivity index is 2.92. The fourth-order valence-corrected chi connectivity index (χ4v) is 1.29. The van der Waals surface area contributed by atoms with Crippen molar-refractivity contribution in [2.75, 3.05) is 11.9 Å². The lowest BCUT2D eigenvalue weighted by molar-refractivity contribution is -0.384. The van der Waals surface area contributed by atoms with E-state index in [1.54, 1.807) is 20.8 Å². The summed E-state index contributed by atoms with van der Waals surface area (Å²) in [4.78, 5) is 21.3. The van der Waals surface area contributed by atoms with Crippen LogP contribution in [-0.2, 0) is 9.53 Å². The summed E-state index contributed by atoms with van der Waals surface area (Å²) in [6.45, 7) is 4.72. The van der Waals surface area contributed by atoms with Crippen LogP contribution in [0.25, 0.3) is 0 Å². The van der Waals surface area contributed by atoms with Crippen molar-refractivity contribution in [2.45, 2.75) is 26.4 Å². The number of nitro benzene ring substituents is 1. The SMILES string of the molecule is CC(C)(C)OCC(=O)Nc1c(F)cc(F)cc1[N+](=O)[O-]. The molecule has 0 aliphatic rings. The molecule has 1 amide bonds. The van der Waals surface area contributed by atoms with Gasteiger partial charge in [-0.2, -0.15) is 0 Å². The van der Waals surface area contributed by atoms with Crippen LogP contribution in [0.2, 0.25) is 0 Å². The maximum Gasteiger partial charge on any atom is 0.298 e. The van der Waals surface area contributed by atoms with Gasteiger partial charge in [-0.1, -0.05) is 0 Å². The molecule has 20 heavy (non-hydrogen) atoms. The summed E-state index contributed by atoms with van der Waals surface area (Å²) in [7, 11) is 0. The van der Waals surface area contributed by atoms with Gasteiger partial charge in [-0.15, -0.1) is 0 Å². The molecule has 0 saturated heterocycles. The molecule has 0 spiro atoms. The summed E-state index contributed by atoms with van der Waals surface area (Å²) in [5.74, 6) is -3.09. The van der Waals surface area contributed by atoms with Gasteiger partial charge in [0.2, 0.25) is 0 Å². The number of hydrogen-bond donors (Lipinski definition) is 1. The Kier molecular flexibility index (Phi) is 4.72. The van der Waals surface area contributed by atoms with Crippen LogP contribution in [0.3, 0.4) is 0 Å². The number of carbonyl (C=O) groups excluding carboxylic acids is 1. The van der Waals surface area contributed by atoms with Crippen molar-refractivity contribution in [1.82, 2.24) is 0 Å². The molecule has 0 bridgehead atoms. The Morgan fingerprint density at radius 2 is 2.00 bits per heavy atom. The number of nitro groups is 1. The van der Waals surface area contributed by atoms with Crippen LogP contribution < -0.4 is 5.32 Å². The molecule has 0 aliphatic heterocycles. The first-order chi connectivity index (χ1) is 9.10. The second kappa shape index (κ2) is 5.91. The van der Waals surface area contributed by atoms with Crippen LogP contribution in [0.15, 0.2) is 12.1 Å². The molecule has 1 rings (SSSR count). The third-order valence-electron chi connectivity index (χ3n) is 2.13. The molecule has 1 N–H and O–H groups in total. The van der Waals surface area contributed by atoms with Crippen molar-refractivity contribution in [3.63, 3.8) is 0 Å². The largest absolute Gasteiger partial charge is 0.366 e. The van der Waals surface area contributed by atoms with E-state index in [2.05, 4.69) is 0 Å². The Morgan fingerprint density at radius 3 is 2.50 bits per heavy atom. The van der Waals surface area contributed by atoms with Crippen LogP contribution in [0.1, 0.15) is 20.8 Å². The van der Waals surface area contributed by atoms with Gasteiger partial charge in [0.05, 0.1) is 16.6 Å². The van der Waals surface area contributed by atoms with E-state index in [1.165, 1.54) is 0 Å². The van der Waals surface area contributed by atoms with E-state index in [0.717, 1.165) is 0 Å². The maximum atomic E-state index is 13.5. The van der Waals surface area contributed by atoms with Gasteiger partial charge in [-0.05, 0) is 20.8 Å². The molecule has 0 radical (unpaired) electrons. The zero-order chi connectivity index (χ0) is 15.5.